The normalized spacial score (nSPS) is 21.5. The smallest absolute Gasteiger partial charge is 0.325 e. The van der Waals surface area contributed by atoms with E-state index in [-0.39, 0.29) is 23.0 Å². The summed E-state index contributed by atoms with van der Waals surface area (Å²) < 4.78 is 34.4. The Bertz CT molecular complexity index is 1430. The van der Waals surface area contributed by atoms with Gasteiger partial charge in [-0.2, -0.15) is 4.72 Å². The molecule has 1 aliphatic carbocycles. The van der Waals surface area contributed by atoms with E-state index in [2.05, 4.69) is 4.72 Å². The van der Waals surface area contributed by atoms with Crippen molar-refractivity contribution < 1.29 is 27.9 Å². The average Bonchev–Trinajstić information content (AvgIpc) is 3.37. The molecule has 2 atom stereocenters. The van der Waals surface area contributed by atoms with E-state index in [0.717, 1.165) is 21.8 Å². The predicted octanol–water partition coefficient (Wildman–Crippen LogP) is 3.76. The molecule has 2 fully saturated rings. The summed E-state index contributed by atoms with van der Waals surface area (Å²) in [6.45, 7) is 2.01. The average molecular weight is 561 g/mol. The third kappa shape index (κ3) is 5.30. The van der Waals surface area contributed by atoms with Gasteiger partial charge in [0.05, 0.1) is 19.6 Å². The molecule has 0 radical (unpaired) electrons. The van der Waals surface area contributed by atoms with Gasteiger partial charge in [0.1, 0.15) is 9.75 Å². The number of thiophene rings is 1. The number of amides is 1. The number of sulfonamides is 1. The number of nitrogens with one attached hydrogen (secondary N) is 1. The van der Waals surface area contributed by atoms with Gasteiger partial charge in [-0.1, -0.05) is 48.0 Å². The van der Waals surface area contributed by atoms with Gasteiger partial charge in [0.25, 0.3) is 10.0 Å². The number of aliphatic carboxylic acids is 1. The van der Waals surface area contributed by atoms with Crippen LogP contribution in [0, 0.1) is 0 Å². The molecule has 0 spiro atoms. The second-order valence-electron chi connectivity index (χ2n) is 9.13. The largest absolute Gasteiger partial charge is 0.480 e. The van der Waals surface area contributed by atoms with Gasteiger partial charge in [-0.15, -0.1) is 11.3 Å². The van der Waals surface area contributed by atoms with E-state index in [0.29, 0.717) is 42.5 Å². The van der Waals surface area contributed by atoms with Crippen LogP contribution in [0.4, 0.5) is 0 Å². The number of halogens is 1. The summed E-state index contributed by atoms with van der Waals surface area (Å²) in [6, 6.07) is 17.3. The molecule has 1 amide bonds. The Balaban J connectivity index is 1.37. The van der Waals surface area contributed by atoms with Crippen molar-refractivity contribution in [2.45, 2.75) is 28.5 Å². The Hall–Kier alpha value is -2.76. The summed E-state index contributed by atoms with van der Waals surface area (Å²) >= 11 is 7.00. The van der Waals surface area contributed by atoms with Crippen molar-refractivity contribution >= 4 is 44.8 Å². The molecule has 2 heterocycles. The molecule has 1 saturated heterocycles. The molecule has 2 unspecified atom stereocenters. The summed E-state index contributed by atoms with van der Waals surface area (Å²) in [5.74, 6) is -1.90. The number of carboxylic acid groups (broad SMARTS) is 1. The number of hydrogen-bond donors (Lipinski definition) is 2. The van der Waals surface area contributed by atoms with Crippen molar-refractivity contribution in [2.24, 2.45) is 0 Å². The van der Waals surface area contributed by atoms with Gasteiger partial charge in [-0.3, -0.25) is 9.59 Å². The van der Waals surface area contributed by atoms with E-state index in [9.17, 15) is 23.1 Å². The lowest BCUT2D eigenvalue weighted by Gasteiger charge is -2.27. The van der Waals surface area contributed by atoms with Crippen molar-refractivity contribution in [1.82, 2.24) is 9.62 Å². The lowest BCUT2D eigenvalue weighted by Crippen LogP contribution is -2.44. The van der Waals surface area contributed by atoms with Crippen LogP contribution in [0.5, 0.6) is 0 Å². The summed E-state index contributed by atoms with van der Waals surface area (Å²) in [6.07, 6.45) is 0.213. The molecule has 8 nitrogen and oxygen atoms in total. The number of benzene rings is 2. The lowest BCUT2D eigenvalue weighted by molar-refractivity contribution is -0.140. The van der Waals surface area contributed by atoms with E-state index >= 15 is 0 Å². The molecule has 11 heteroatoms. The summed E-state index contributed by atoms with van der Waals surface area (Å²) in [7, 11) is -4.12. The number of carbonyl (C=O) groups excluding carboxylic acids is 1. The summed E-state index contributed by atoms with van der Waals surface area (Å²) in [5, 5.41) is 10.7. The van der Waals surface area contributed by atoms with Crippen molar-refractivity contribution in [3.63, 3.8) is 0 Å². The molecule has 2 aliphatic rings. The highest BCUT2D eigenvalue weighted by molar-refractivity contribution is 7.91. The van der Waals surface area contributed by atoms with Crippen LogP contribution in [0.3, 0.4) is 0 Å². The van der Waals surface area contributed by atoms with E-state index in [4.69, 9.17) is 16.3 Å². The van der Waals surface area contributed by atoms with Gasteiger partial charge in [-0.25, -0.2) is 8.42 Å². The number of carboxylic acids is 1. The first-order valence-electron chi connectivity index (χ1n) is 11.8. The highest BCUT2D eigenvalue weighted by Gasteiger charge is 2.63. The van der Waals surface area contributed by atoms with Gasteiger partial charge in [0.15, 0.2) is 0 Å². The standard InChI is InChI=1S/C26H25ClN2O6S2/c27-19-7-5-17(6-8-19)22-9-10-24(36-22)37(33,34)28-26(25(31)32)16-21(26)20-4-2-1-3-18(20)15-23(30)29-11-13-35-14-12-29/h1-10,21,28H,11-16H2,(H,31,32). The molecular formula is C26H25ClN2O6S2. The van der Waals surface area contributed by atoms with Crippen LogP contribution >= 0.6 is 22.9 Å². The van der Waals surface area contributed by atoms with Crippen LogP contribution in [0.25, 0.3) is 10.4 Å². The monoisotopic (exact) mass is 560 g/mol. The van der Waals surface area contributed by atoms with E-state index < -0.39 is 27.4 Å². The lowest BCUT2D eigenvalue weighted by atomic mass is 9.97. The van der Waals surface area contributed by atoms with E-state index in [1.54, 1.807) is 59.5 Å². The fraction of sp³-hybridized carbons (Fsp3) is 0.308. The zero-order chi connectivity index (χ0) is 26.2. The summed E-state index contributed by atoms with van der Waals surface area (Å²) in [5.41, 5.74) is 0.503. The predicted molar refractivity (Wildman–Crippen MR) is 140 cm³/mol. The maximum absolute atomic E-state index is 13.3. The van der Waals surface area contributed by atoms with Crippen molar-refractivity contribution in [1.29, 1.82) is 0 Å². The first kappa shape index (κ1) is 25.9. The fourth-order valence-electron chi connectivity index (χ4n) is 4.68. The summed E-state index contributed by atoms with van der Waals surface area (Å²) in [4.78, 5) is 27.7. The molecule has 37 heavy (non-hydrogen) atoms. The zero-order valence-electron chi connectivity index (χ0n) is 19.7. The third-order valence-corrected chi connectivity index (χ3v) is 10.2. The second kappa shape index (κ2) is 10.2. The number of rotatable bonds is 8. The minimum absolute atomic E-state index is 0.0273. The zero-order valence-corrected chi connectivity index (χ0v) is 22.1. The molecule has 1 aromatic heterocycles. The van der Waals surface area contributed by atoms with Crippen molar-refractivity contribution in [3.8, 4) is 10.4 Å². The minimum Gasteiger partial charge on any atom is -0.480 e. The molecule has 1 saturated carbocycles. The molecule has 2 N–H and O–H groups in total. The number of ether oxygens (including phenoxy) is 1. The molecule has 2 aromatic carbocycles. The number of morpholine rings is 1. The molecule has 194 valence electrons. The van der Waals surface area contributed by atoms with Crippen LogP contribution in [0.2, 0.25) is 5.02 Å². The van der Waals surface area contributed by atoms with Crippen LogP contribution in [0.15, 0.2) is 64.9 Å². The van der Waals surface area contributed by atoms with Gasteiger partial charge < -0.3 is 14.7 Å². The SMILES string of the molecule is O=C(Cc1ccccc1C1CC1(NS(=O)(=O)c1ccc(-c2ccc(Cl)cc2)s1)C(=O)O)N1CCOCC1. The Kier molecular flexibility index (Phi) is 7.12. The van der Waals surface area contributed by atoms with Crippen LogP contribution in [-0.2, 0) is 30.8 Å². The van der Waals surface area contributed by atoms with Crippen LogP contribution in [-0.4, -0.2) is 62.1 Å². The van der Waals surface area contributed by atoms with Gasteiger partial charge in [0.2, 0.25) is 5.91 Å². The quantitative estimate of drug-likeness (QED) is 0.434. The fourth-order valence-corrected chi connectivity index (χ4v) is 7.52. The maximum atomic E-state index is 13.3. The molecule has 3 aromatic rings. The first-order valence-corrected chi connectivity index (χ1v) is 14.4. The van der Waals surface area contributed by atoms with Crippen molar-refractivity contribution in [2.75, 3.05) is 26.3 Å². The van der Waals surface area contributed by atoms with Crippen molar-refractivity contribution in [3.05, 3.63) is 76.8 Å². The highest BCUT2D eigenvalue weighted by Crippen LogP contribution is 2.53. The molecule has 0 bridgehead atoms. The Morgan fingerprint density at radius 1 is 1.08 bits per heavy atom. The minimum atomic E-state index is -4.12. The topological polar surface area (TPSA) is 113 Å². The third-order valence-electron chi connectivity index (χ3n) is 6.77. The first-order chi connectivity index (χ1) is 17.7. The second-order valence-corrected chi connectivity index (χ2v) is 12.6. The molecule has 1 aliphatic heterocycles. The highest BCUT2D eigenvalue weighted by atomic mass is 35.5. The van der Waals surface area contributed by atoms with E-state index in [1.807, 2.05) is 0 Å². The Morgan fingerprint density at radius 3 is 2.49 bits per heavy atom. The van der Waals surface area contributed by atoms with Gasteiger partial charge in [0, 0.05) is 28.9 Å². The maximum Gasteiger partial charge on any atom is 0.325 e. The van der Waals surface area contributed by atoms with Crippen LogP contribution in [0.1, 0.15) is 23.5 Å². The Morgan fingerprint density at radius 2 is 1.78 bits per heavy atom. The Labute approximate surface area is 223 Å². The van der Waals surface area contributed by atoms with Gasteiger partial charge in [-0.05, 0) is 47.4 Å². The number of hydrogen-bond acceptors (Lipinski definition) is 6. The van der Waals surface area contributed by atoms with Gasteiger partial charge >= 0.3 is 5.97 Å². The molecule has 5 rings (SSSR count). The molecular weight excluding hydrogens is 536 g/mol. The van der Waals surface area contributed by atoms with Crippen LogP contribution < -0.4 is 4.72 Å². The number of carbonyl (C=O) groups is 2. The van der Waals surface area contributed by atoms with E-state index in [1.165, 1.54) is 6.07 Å². The number of nitrogens with zero attached hydrogens (tertiary/aromatic N) is 1.